The molecule has 1 heterocycles. The summed E-state index contributed by atoms with van der Waals surface area (Å²) in [6.07, 6.45) is 3.59. The van der Waals surface area contributed by atoms with E-state index in [1.807, 2.05) is 44.3 Å². The second kappa shape index (κ2) is 4.93. The van der Waals surface area contributed by atoms with Crippen molar-refractivity contribution in [2.75, 3.05) is 0 Å². The first-order valence-corrected chi connectivity index (χ1v) is 6.53. The van der Waals surface area contributed by atoms with Gasteiger partial charge < -0.3 is 0 Å². The largest absolute Gasteiger partial charge is 0.240 e. The summed E-state index contributed by atoms with van der Waals surface area (Å²) in [4.78, 5) is 0. The van der Waals surface area contributed by atoms with Gasteiger partial charge in [-0.3, -0.25) is 0 Å². The van der Waals surface area contributed by atoms with Gasteiger partial charge in [-0.15, -0.1) is 0 Å². The Bertz CT molecular complexity index is 725. The molecule has 3 heteroatoms. The van der Waals surface area contributed by atoms with Gasteiger partial charge in [0.2, 0.25) is 0 Å². The van der Waals surface area contributed by atoms with E-state index >= 15 is 0 Å². The molecule has 0 aliphatic carbocycles. The summed E-state index contributed by atoms with van der Waals surface area (Å²) in [5.41, 5.74) is 5.07. The first kappa shape index (κ1) is 12.6. The van der Waals surface area contributed by atoms with Crippen LogP contribution in [0.3, 0.4) is 0 Å². The van der Waals surface area contributed by atoms with Gasteiger partial charge in [0, 0.05) is 18.0 Å². The number of rotatable bonds is 2. The van der Waals surface area contributed by atoms with Gasteiger partial charge >= 0.3 is 0 Å². The summed E-state index contributed by atoms with van der Waals surface area (Å²) in [5.74, 6) is -0.237. The SMILES string of the molecule is Cc1cccc(C)c1-c1cc(F)ccc1-n1cccn1. The molecule has 0 N–H and O–H groups in total. The molecule has 0 amide bonds. The van der Waals surface area contributed by atoms with Crippen molar-refractivity contribution in [3.8, 4) is 16.8 Å². The third-order valence-electron chi connectivity index (χ3n) is 3.46. The molecule has 1 aromatic heterocycles. The molecule has 0 saturated carbocycles. The van der Waals surface area contributed by atoms with E-state index in [-0.39, 0.29) is 5.82 Å². The standard InChI is InChI=1S/C17H15FN2/c1-12-5-3-6-13(2)17(12)15-11-14(18)7-8-16(15)20-10-4-9-19-20/h3-11H,1-2H3. The van der Waals surface area contributed by atoms with Crippen LogP contribution in [0.15, 0.2) is 54.9 Å². The number of aryl methyl sites for hydroxylation is 2. The Morgan fingerprint density at radius 3 is 2.40 bits per heavy atom. The van der Waals surface area contributed by atoms with E-state index in [0.717, 1.165) is 27.9 Å². The number of aromatic nitrogens is 2. The van der Waals surface area contributed by atoms with Crippen molar-refractivity contribution in [2.45, 2.75) is 13.8 Å². The lowest BCUT2D eigenvalue weighted by Gasteiger charge is -2.14. The van der Waals surface area contributed by atoms with E-state index in [1.54, 1.807) is 23.0 Å². The molecule has 2 aromatic carbocycles. The van der Waals surface area contributed by atoms with Gasteiger partial charge in [0.05, 0.1) is 5.69 Å². The molecule has 0 saturated heterocycles. The van der Waals surface area contributed by atoms with Gasteiger partial charge in [0.1, 0.15) is 5.82 Å². The molecule has 3 aromatic rings. The van der Waals surface area contributed by atoms with Crippen LogP contribution >= 0.6 is 0 Å². The van der Waals surface area contributed by atoms with Gasteiger partial charge in [-0.25, -0.2) is 9.07 Å². The predicted octanol–water partition coefficient (Wildman–Crippen LogP) is 4.30. The molecule has 0 spiro atoms. The summed E-state index contributed by atoms with van der Waals surface area (Å²) < 4.78 is 15.5. The van der Waals surface area contributed by atoms with Crippen molar-refractivity contribution in [3.63, 3.8) is 0 Å². The maximum atomic E-state index is 13.7. The maximum absolute atomic E-state index is 13.7. The molecule has 0 aliphatic heterocycles. The first-order valence-electron chi connectivity index (χ1n) is 6.53. The topological polar surface area (TPSA) is 17.8 Å². The molecule has 100 valence electrons. The molecule has 20 heavy (non-hydrogen) atoms. The summed E-state index contributed by atoms with van der Waals surface area (Å²) in [6, 6.07) is 12.8. The van der Waals surface area contributed by atoms with E-state index in [2.05, 4.69) is 5.10 Å². The van der Waals surface area contributed by atoms with Crippen molar-refractivity contribution in [1.82, 2.24) is 9.78 Å². The molecule has 0 fully saturated rings. The number of hydrogen-bond acceptors (Lipinski definition) is 1. The van der Waals surface area contributed by atoms with Crippen molar-refractivity contribution in [2.24, 2.45) is 0 Å². The lowest BCUT2D eigenvalue weighted by atomic mass is 9.94. The Kier molecular flexibility index (Phi) is 3.11. The van der Waals surface area contributed by atoms with Gasteiger partial charge in [-0.1, -0.05) is 18.2 Å². The minimum absolute atomic E-state index is 0.237. The highest BCUT2D eigenvalue weighted by Gasteiger charge is 2.13. The molecular weight excluding hydrogens is 251 g/mol. The van der Waals surface area contributed by atoms with Crippen LogP contribution in [0.1, 0.15) is 11.1 Å². The third kappa shape index (κ3) is 2.11. The predicted molar refractivity (Wildman–Crippen MR) is 78.4 cm³/mol. The van der Waals surface area contributed by atoms with Crippen molar-refractivity contribution >= 4 is 0 Å². The quantitative estimate of drug-likeness (QED) is 0.676. The van der Waals surface area contributed by atoms with Crippen LogP contribution in [0.2, 0.25) is 0 Å². The Labute approximate surface area is 117 Å². The molecule has 2 nitrogen and oxygen atoms in total. The van der Waals surface area contributed by atoms with E-state index in [9.17, 15) is 4.39 Å². The van der Waals surface area contributed by atoms with Crippen LogP contribution in [-0.2, 0) is 0 Å². The Morgan fingerprint density at radius 1 is 1.00 bits per heavy atom. The van der Waals surface area contributed by atoms with E-state index in [0.29, 0.717) is 0 Å². The average Bonchev–Trinajstić information content (AvgIpc) is 2.92. The third-order valence-corrected chi connectivity index (χ3v) is 3.46. The van der Waals surface area contributed by atoms with Gasteiger partial charge in [-0.05, 0) is 54.8 Å². The Morgan fingerprint density at radius 2 is 1.75 bits per heavy atom. The van der Waals surface area contributed by atoms with Crippen LogP contribution in [0, 0.1) is 19.7 Å². The van der Waals surface area contributed by atoms with Crippen LogP contribution < -0.4 is 0 Å². The zero-order valence-corrected chi connectivity index (χ0v) is 11.5. The highest BCUT2D eigenvalue weighted by molar-refractivity contribution is 5.77. The molecule has 0 unspecified atom stereocenters. The number of halogens is 1. The Balaban J connectivity index is 2.31. The molecule has 0 radical (unpaired) electrons. The monoisotopic (exact) mass is 266 g/mol. The average molecular weight is 266 g/mol. The summed E-state index contributed by atoms with van der Waals surface area (Å²) in [5, 5.41) is 4.26. The number of benzene rings is 2. The molecule has 0 atom stereocenters. The van der Waals surface area contributed by atoms with Gasteiger partial charge in [0.25, 0.3) is 0 Å². The van der Waals surface area contributed by atoms with Crippen molar-refractivity contribution in [1.29, 1.82) is 0 Å². The fraction of sp³-hybridized carbons (Fsp3) is 0.118. The van der Waals surface area contributed by atoms with Crippen molar-refractivity contribution < 1.29 is 4.39 Å². The first-order chi connectivity index (χ1) is 9.66. The minimum Gasteiger partial charge on any atom is -0.240 e. The minimum atomic E-state index is -0.237. The van der Waals surface area contributed by atoms with Crippen LogP contribution in [0.5, 0.6) is 0 Å². The second-order valence-corrected chi connectivity index (χ2v) is 4.88. The van der Waals surface area contributed by atoms with E-state index in [1.165, 1.54) is 6.07 Å². The zero-order valence-electron chi connectivity index (χ0n) is 11.5. The fourth-order valence-electron chi connectivity index (χ4n) is 2.56. The maximum Gasteiger partial charge on any atom is 0.123 e. The molecule has 0 aliphatic rings. The normalized spacial score (nSPS) is 10.8. The molecular formula is C17H15FN2. The fourth-order valence-corrected chi connectivity index (χ4v) is 2.56. The van der Waals surface area contributed by atoms with Crippen LogP contribution in [-0.4, -0.2) is 9.78 Å². The summed E-state index contributed by atoms with van der Waals surface area (Å²) in [6.45, 7) is 4.08. The van der Waals surface area contributed by atoms with Crippen LogP contribution in [0.4, 0.5) is 4.39 Å². The lowest BCUT2D eigenvalue weighted by molar-refractivity contribution is 0.627. The van der Waals surface area contributed by atoms with Crippen LogP contribution in [0.25, 0.3) is 16.8 Å². The summed E-state index contributed by atoms with van der Waals surface area (Å²) >= 11 is 0. The van der Waals surface area contributed by atoms with Gasteiger partial charge in [-0.2, -0.15) is 5.10 Å². The summed E-state index contributed by atoms with van der Waals surface area (Å²) in [7, 11) is 0. The molecule has 0 bridgehead atoms. The highest BCUT2D eigenvalue weighted by atomic mass is 19.1. The highest BCUT2D eigenvalue weighted by Crippen LogP contribution is 2.32. The molecule has 3 rings (SSSR count). The van der Waals surface area contributed by atoms with E-state index in [4.69, 9.17) is 0 Å². The zero-order chi connectivity index (χ0) is 14.1. The second-order valence-electron chi connectivity index (χ2n) is 4.88. The van der Waals surface area contributed by atoms with Crippen molar-refractivity contribution in [3.05, 3.63) is 71.8 Å². The smallest absolute Gasteiger partial charge is 0.123 e. The Hall–Kier alpha value is -2.42. The lowest BCUT2D eigenvalue weighted by Crippen LogP contribution is -2.00. The number of nitrogens with zero attached hydrogens (tertiary/aromatic N) is 2. The van der Waals surface area contributed by atoms with Gasteiger partial charge in [0.15, 0.2) is 0 Å². The van der Waals surface area contributed by atoms with E-state index < -0.39 is 0 Å². The number of hydrogen-bond donors (Lipinski definition) is 0.